The molecule has 2 rings (SSSR count). The van der Waals surface area contributed by atoms with Crippen LogP contribution in [0.4, 0.5) is 13.2 Å². The Morgan fingerprint density at radius 1 is 1.15 bits per heavy atom. The van der Waals surface area contributed by atoms with Crippen molar-refractivity contribution >= 4 is 11.0 Å². The zero-order valence-corrected chi connectivity index (χ0v) is 11.1. The number of alkyl halides is 3. The summed E-state index contributed by atoms with van der Waals surface area (Å²) in [5.41, 5.74) is 3.48. The Bertz CT molecular complexity index is 594. The smallest absolute Gasteiger partial charge is 0.413 e. The van der Waals surface area contributed by atoms with E-state index in [4.69, 9.17) is 15.2 Å². The fraction of sp³-hybridized carbons (Fsp3) is 0.417. The summed E-state index contributed by atoms with van der Waals surface area (Å²) in [6.45, 7) is 0.860. The largest absolute Gasteiger partial charge is 0.493 e. The number of methoxy groups -OCH3 is 2. The number of ether oxygens (including phenoxy) is 2. The van der Waals surface area contributed by atoms with Crippen LogP contribution in [0.5, 0.6) is 11.5 Å². The molecular formula is C12H14F3N3O2. The second kappa shape index (κ2) is 4.55. The van der Waals surface area contributed by atoms with Gasteiger partial charge < -0.3 is 20.2 Å². The van der Waals surface area contributed by atoms with Gasteiger partial charge in [-0.3, -0.25) is 0 Å². The van der Waals surface area contributed by atoms with Crippen LogP contribution in [0.2, 0.25) is 0 Å². The molecule has 0 amide bonds. The lowest BCUT2D eigenvalue weighted by atomic mass is 10.0. The monoisotopic (exact) mass is 289 g/mol. The van der Waals surface area contributed by atoms with Gasteiger partial charge in [0.25, 0.3) is 0 Å². The van der Waals surface area contributed by atoms with Crippen LogP contribution in [0.15, 0.2) is 12.1 Å². The lowest BCUT2D eigenvalue weighted by Crippen LogP contribution is -2.48. The SMILES string of the molecule is COc1cc2nc(C(C)(N)C(F)(F)F)[nH]c2cc1OC. The topological polar surface area (TPSA) is 73.2 Å². The Kier molecular flexibility index (Phi) is 3.29. The number of hydrogen-bond donors (Lipinski definition) is 2. The van der Waals surface area contributed by atoms with E-state index in [1.54, 1.807) is 0 Å². The van der Waals surface area contributed by atoms with Gasteiger partial charge in [0.05, 0.1) is 25.3 Å². The summed E-state index contributed by atoms with van der Waals surface area (Å²) < 4.78 is 48.9. The molecule has 1 unspecified atom stereocenters. The van der Waals surface area contributed by atoms with Gasteiger partial charge in [-0.1, -0.05) is 0 Å². The van der Waals surface area contributed by atoms with Crippen LogP contribution < -0.4 is 15.2 Å². The predicted octanol–water partition coefficient (Wildman–Crippen LogP) is 2.32. The van der Waals surface area contributed by atoms with Crippen molar-refractivity contribution in [3.8, 4) is 11.5 Å². The summed E-state index contributed by atoms with van der Waals surface area (Å²) in [5.74, 6) is 0.403. The first-order valence-electron chi connectivity index (χ1n) is 5.68. The van der Waals surface area contributed by atoms with E-state index in [1.807, 2.05) is 0 Å². The van der Waals surface area contributed by atoms with Crippen LogP contribution in [0.3, 0.4) is 0 Å². The second-order valence-corrected chi connectivity index (χ2v) is 4.51. The van der Waals surface area contributed by atoms with E-state index in [9.17, 15) is 13.2 Å². The maximum Gasteiger partial charge on any atom is 0.413 e. The molecule has 110 valence electrons. The molecule has 0 saturated heterocycles. The number of nitrogens with one attached hydrogen (secondary N) is 1. The summed E-state index contributed by atoms with van der Waals surface area (Å²) in [7, 11) is 2.86. The van der Waals surface area contributed by atoms with E-state index in [-0.39, 0.29) is 5.82 Å². The van der Waals surface area contributed by atoms with E-state index in [0.717, 1.165) is 6.92 Å². The number of aromatic amines is 1. The molecule has 3 N–H and O–H groups in total. The first-order chi connectivity index (χ1) is 9.20. The van der Waals surface area contributed by atoms with Crippen molar-refractivity contribution in [2.75, 3.05) is 14.2 Å². The zero-order chi connectivity index (χ0) is 15.1. The summed E-state index contributed by atoms with van der Waals surface area (Å²) in [5, 5.41) is 0. The molecule has 0 spiro atoms. The van der Waals surface area contributed by atoms with E-state index < -0.39 is 11.7 Å². The van der Waals surface area contributed by atoms with Gasteiger partial charge in [-0.15, -0.1) is 0 Å². The van der Waals surface area contributed by atoms with Crippen molar-refractivity contribution in [2.45, 2.75) is 18.6 Å². The highest BCUT2D eigenvalue weighted by Crippen LogP contribution is 2.37. The minimum Gasteiger partial charge on any atom is -0.493 e. The average molecular weight is 289 g/mol. The van der Waals surface area contributed by atoms with Gasteiger partial charge in [-0.2, -0.15) is 13.2 Å². The number of H-pyrrole nitrogens is 1. The Morgan fingerprint density at radius 2 is 1.70 bits per heavy atom. The lowest BCUT2D eigenvalue weighted by molar-refractivity contribution is -0.186. The molecule has 1 aromatic heterocycles. The van der Waals surface area contributed by atoms with Gasteiger partial charge in [0.2, 0.25) is 0 Å². The molecule has 0 aliphatic rings. The van der Waals surface area contributed by atoms with Crippen LogP contribution in [-0.2, 0) is 5.54 Å². The van der Waals surface area contributed by atoms with Gasteiger partial charge in [-0.05, 0) is 6.92 Å². The summed E-state index contributed by atoms with van der Waals surface area (Å²) in [6, 6.07) is 3.00. The standard InChI is InChI=1S/C12H14F3N3O2/c1-11(16,12(13,14)15)10-17-6-4-8(19-2)9(20-3)5-7(6)18-10/h4-5H,16H2,1-3H3,(H,17,18). The molecule has 8 heteroatoms. The molecule has 5 nitrogen and oxygen atoms in total. The molecule has 20 heavy (non-hydrogen) atoms. The third-order valence-corrected chi connectivity index (χ3v) is 3.07. The molecular weight excluding hydrogens is 275 g/mol. The number of rotatable bonds is 3. The Balaban J connectivity index is 2.60. The van der Waals surface area contributed by atoms with Gasteiger partial charge >= 0.3 is 6.18 Å². The van der Waals surface area contributed by atoms with Crippen molar-refractivity contribution in [3.63, 3.8) is 0 Å². The van der Waals surface area contributed by atoms with E-state index in [0.29, 0.717) is 22.5 Å². The summed E-state index contributed by atoms with van der Waals surface area (Å²) >= 11 is 0. The molecule has 0 saturated carbocycles. The predicted molar refractivity (Wildman–Crippen MR) is 66.8 cm³/mol. The number of imidazole rings is 1. The Labute approximate surface area is 112 Å². The number of aromatic nitrogens is 2. The Hall–Kier alpha value is -1.96. The van der Waals surface area contributed by atoms with E-state index >= 15 is 0 Å². The van der Waals surface area contributed by atoms with E-state index in [1.165, 1.54) is 26.4 Å². The maximum atomic E-state index is 12.9. The molecule has 1 aromatic carbocycles. The van der Waals surface area contributed by atoms with Crippen molar-refractivity contribution in [3.05, 3.63) is 18.0 Å². The van der Waals surface area contributed by atoms with Crippen LogP contribution in [0.25, 0.3) is 11.0 Å². The van der Waals surface area contributed by atoms with Crippen molar-refractivity contribution < 1.29 is 22.6 Å². The second-order valence-electron chi connectivity index (χ2n) is 4.51. The molecule has 1 atom stereocenters. The summed E-state index contributed by atoms with van der Waals surface area (Å²) in [6.07, 6.45) is -4.62. The molecule has 0 radical (unpaired) electrons. The molecule has 1 heterocycles. The molecule has 2 aromatic rings. The van der Waals surface area contributed by atoms with Gasteiger partial charge in [-0.25, -0.2) is 4.98 Å². The fourth-order valence-electron chi connectivity index (χ4n) is 1.72. The number of fused-ring (bicyclic) bond motifs is 1. The Morgan fingerprint density at radius 3 is 2.20 bits per heavy atom. The number of benzene rings is 1. The zero-order valence-electron chi connectivity index (χ0n) is 11.1. The molecule has 0 bridgehead atoms. The number of nitrogens with two attached hydrogens (primary N) is 1. The maximum absolute atomic E-state index is 12.9. The molecule has 0 aliphatic heterocycles. The first kappa shape index (κ1) is 14.4. The van der Waals surface area contributed by atoms with Gasteiger partial charge in [0, 0.05) is 12.1 Å². The van der Waals surface area contributed by atoms with Crippen LogP contribution in [-0.4, -0.2) is 30.4 Å². The molecule has 0 aliphatic carbocycles. The van der Waals surface area contributed by atoms with Gasteiger partial charge in [0.1, 0.15) is 5.82 Å². The highest BCUT2D eigenvalue weighted by Gasteiger charge is 2.51. The van der Waals surface area contributed by atoms with Crippen molar-refractivity contribution in [1.82, 2.24) is 9.97 Å². The van der Waals surface area contributed by atoms with Crippen molar-refractivity contribution in [1.29, 1.82) is 0 Å². The van der Waals surface area contributed by atoms with Gasteiger partial charge in [0.15, 0.2) is 17.0 Å². The van der Waals surface area contributed by atoms with Crippen molar-refractivity contribution in [2.24, 2.45) is 5.73 Å². The number of hydrogen-bond acceptors (Lipinski definition) is 4. The van der Waals surface area contributed by atoms with Crippen LogP contribution in [0, 0.1) is 0 Å². The highest BCUT2D eigenvalue weighted by molar-refractivity contribution is 5.80. The number of nitrogens with zero attached hydrogens (tertiary/aromatic N) is 1. The quantitative estimate of drug-likeness (QED) is 0.909. The highest BCUT2D eigenvalue weighted by atomic mass is 19.4. The average Bonchev–Trinajstić information content (AvgIpc) is 2.78. The molecule has 0 fully saturated rings. The van der Waals surface area contributed by atoms with Crippen LogP contribution >= 0.6 is 0 Å². The van der Waals surface area contributed by atoms with E-state index in [2.05, 4.69) is 9.97 Å². The summed E-state index contributed by atoms with van der Waals surface area (Å²) in [4.78, 5) is 6.48. The third kappa shape index (κ3) is 2.15. The third-order valence-electron chi connectivity index (χ3n) is 3.07. The first-order valence-corrected chi connectivity index (χ1v) is 5.68. The fourth-order valence-corrected chi connectivity index (χ4v) is 1.72. The minimum atomic E-state index is -4.62. The number of halogens is 3. The normalized spacial score (nSPS) is 15.2. The minimum absolute atomic E-state index is 0.318. The van der Waals surface area contributed by atoms with Crippen LogP contribution in [0.1, 0.15) is 12.7 Å². The lowest BCUT2D eigenvalue weighted by Gasteiger charge is -2.24.